The lowest BCUT2D eigenvalue weighted by atomic mass is 9.95. The van der Waals surface area contributed by atoms with Gasteiger partial charge in [-0.25, -0.2) is 0 Å². The van der Waals surface area contributed by atoms with Crippen LogP contribution in [0, 0.1) is 5.92 Å². The molecule has 31 heavy (non-hydrogen) atoms. The molecule has 8 nitrogen and oxygen atoms in total. The van der Waals surface area contributed by atoms with Crippen molar-refractivity contribution in [3.63, 3.8) is 0 Å². The van der Waals surface area contributed by atoms with E-state index in [2.05, 4.69) is 16.0 Å². The zero-order valence-electron chi connectivity index (χ0n) is 18.0. The number of hydrogen-bond donors (Lipinski definition) is 3. The van der Waals surface area contributed by atoms with Gasteiger partial charge < -0.3 is 25.4 Å². The zero-order valence-corrected chi connectivity index (χ0v) is 18.0. The van der Waals surface area contributed by atoms with Crippen molar-refractivity contribution in [2.45, 2.75) is 32.4 Å². The van der Waals surface area contributed by atoms with Gasteiger partial charge in [0, 0.05) is 0 Å². The summed E-state index contributed by atoms with van der Waals surface area (Å²) in [6.45, 7) is 3.97. The fraction of sp³-hybridized carbons (Fsp3) is 0.348. The predicted molar refractivity (Wildman–Crippen MR) is 116 cm³/mol. The standard InChI is InChI=1S/C23H27N3O5/c1-13(2)21(14-9-10-18(30-3)19(11-14)31-4)26-20(27)12-17-23(29)24-16-8-6-5-7-15(16)22(28)25-17/h5-11,13,17,21H,12H2,1-4H3,(H,24,29)(H,25,28)(H,26,27)/t17-,21-/m1/s1. The van der Waals surface area contributed by atoms with Gasteiger partial charge in [-0.2, -0.15) is 0 Å². The van der Waals surface area contributed by atoms with E-state index >= 15 is 0 Å². The highest BCUT2D eigenvalue weighted by molar-refractivity contribution is 6.10. The second kappa shape index (κ2) is 9.51. The van der Waals surface area contributed by atoms with Crippen molar-refractivity contribution in [3.05, 3.63) is 53.6 Å². The van der Waals surface area contributed by atoms with E-state index < -0.39 is 17.9 Å². The lowest BCUT2D eigenvalue weighted by molar-refractivity contribution is -0.126. The average Bonchev–Trinajstić information content (AvgIpc) is 2.87. The van der Waals surface area contributed by atoms with Crippen LogP contribution in [0.3, 0.4) is 0 Å². The molecule has 0 unspecified atom stereocenters. The molecular weight excluding hydrogens is 398 g/mol. The lowest BCUT2D eigenvalue weighted by Crippen LogP contribution is -2.45. The third-order valence-electron chi connectivity index (χ3n) is 5.19. The van der Waals surface area contributed by atoms with Crippen LogP contribution in [-0.2, 0) is 9.59 Å². The average molecular weight is 425 g/mol. The third-order valence-corrected chi connectivity index (χ3v) is 5.19. The van der Waals surface area contributed by atoms with Gasteiger partial charge in [-0.05, 0) is 35.7 Å². The number of anilines is 1. The van der Waals surface area contributed by atoms with Crippen molar-refractivity contribution in [1.29, 1.82) is 0 Å². The highest BCUT2D eigenvalue weighted by atomic mass is 16.5. The third kappa shape index (κ3) is 4.96. The second-order valence-electron chi connectivity index (χ2n) is 7.67. The van der Waals surface area contributed by atoms with Crippen molar-refractivity contribution in [1.82, 2.24) is 10.6 Å². The fourth-order valence-electron chi connectivity index (χ4n) is 3.55. The summed E-state index contributed by atoms with van der Waals surface area (Å²) in [5, 5.41) is 8.33. The Morgan fingerprint density at radius 1 is 1.06 bits per heavy atom. The van der Waals surface area contributed by atoms with E-state index in [9.17, 15) is 14.4 Å². The quantitative estimate of drug-likeness (QED) is 0.632. The second-order valence-corrected chi connectivity index (χ2v) is 7.67. The van der Waals surface area contributed by atoms with Crippen LogP contribution in [0.15, 0.2) is 42.5 Å². The molecule has 1 aliphatic rings. The summed E-state index contributed by atoms with van der Waals surface area (Å²) in [5.41, 5.74) is 1.64. The molecule has 164 valence electrons. The number of hydrogen-bond acceptors (Lipinski definition) is 5. The molecule has 3 N–H and O–H groups in total. The van der Waals surface area contributed by atoms with Gasteiger partial charge in [0.15, 0.2) is 11.5 Å². The molecule has 0 saturated carbocycles. The van der Waals surface area contributed by atoms with Crippen LogP contribution in [-0.4, -0.2) is 38.0 Å². The first kappa shape index (κ1) is 22.1. The maximum Gasteiger partial charge on any atom is 0.254 e. The van der Waals surface area contributed by atoms with Gasteiger partial charge in [0.05, 0.1) is 37.9 Å². The number of carbonyl (C=O) groups excluding carboxylic acids is 3. The first-order valence-electron chi connectivity index (χ1n) is 10.1. The number of benzene rings is 2. The molecule has 3 rings (SSSR count). The normalized spacial score (nSPS) is 16.5. The van der Waals surface area contributed by atoms with Crippen molar-refractivity contribution < 1.29 is 23.9 Å². The molecule has 2 aromatic rings. The molecule has 0 fully saturated rings. The SMILES string of the molecule is COc1ccc([C@H](NC(=O)C[C@H]2NC(=O)c3ccccc3NC2=O)C(C)C)cc1OC. The predicted octanol–water partition coefficient (Wildman–Crippen LogP) is 2.66. The molecule has 0 bridgehead atoms. The minimum Gasteiger partial charge on any atom is -0.493 e. The summed E-state index contributed by atoms with van der Waals surface area (Å²) in [6, 6.07) is 10.9. The number of nitrogens with one attached hydrogen (secondary N) is 3. The molecule has 3 amide bonds. The molecule has 0 aliphatic carbocycles. The number of ether oxygens (including phenoxy) is 2. The van der Waals surface area contributed by atoms with Crippen molar-refractivity contribution in [3.8, 4) is 11.5 Å². The van der Waals surface area contributed by atoms with Crippen molar-refractivity contribution in [2.24, 2.45) is 5.92 Å². The van der Waals surface area contributed by atoms with Crippen molar-refractivity contribution >= 4 is 23.4 Å². The Bertz CT molecular complexity index is 989. The number of amides is 3. The summed E-state index contributed by atoms with van der Waals surface area (Å²) in [4.78, 5) is 37.8. The summed E-state index contributed by atoms with van der Waals surface area (Å²) in [6.07, 6.45) is -0.179. The van der Waals surface area contributed by atoms with Crippen LogP contribution in [0.1, 0.15) is 42.2 Å². The molecule has 0 spiro atoms. The van der Waals surface area contributed by atoms with Crippen LogP contribution in [0.25, 0.3) is 0 Å². The van der Waals surface area contributed by atoms with Gasteiger partial charge in [-0.1, -0.05) is 32.0 Å². The van der Waals surface area contributed by atoms with Crippen LogP contribution in [0.4, 0.5) is 5.69 Å². The fourth-order valence-corrected chi connectivity index (χ4v) is 3.55. The lowest BCUT2D eigenvalue weighted by Gasteiger charge is -2.25. The minimum absolute atomic E-state index is 0.0730. The number of carbonyl (C=O) groups is 3. The highest BCUT2D eigenvalue weighted by Gasteiger charge is 2.30. The van der Waals surface area contributed by atoms with Gasteiger partial charge >= 0.3 is 0 Å². The van der Waals surface area contributed by atoms with E-state index in [1.165, 1.54) is 0 Å². The molecule has 0 saturated heterocycles. The Labute approximate surface area is 181 Å². The molecule has 0 radical (unpaired) electrons. The van der Waals surface area contributed by atoms with Crippen LogP contribution in [0.2, 0.25) is 0 Å². The Morgan fingerprint density at radius 3 is 2.45 bits per heavy atom. The first-order valence-corrected chi connectivity index (χ1v) is 10.1. The van der Waals surface area contributed by atoms with Crippen LogP contribution >= 0.6 is 0 Å². The number of fused-ring (bicyclic) bond motifs is 1. The van der Waals surface area contributed by atoms with Gasteiger partial charge in [0.25, 0.3) is 5.91 Å². The van der Waals surface area contributed by atoms with E-state index in [4.69, 9.17) is 9.47 Å². The zero-order chi connectivity index (χ0) is 22.5. The maximum atomic E-state index is 12.8. The molecule has 2 aromatic carbocycles. The van der Waals surface area contributed by atoms with Gasteiger partial charge in [0.1, 0.15) is 6.04 Å². The minimum atomic E-state index is -0.974. The first-order chi connectivity index (χ1) is 14.8. The Balaban J connectivity index is 1.74. The summed E-state index contributed by atoms with van der Waals surface area (Å²) >= 11 is 0. The van der Waals surface area contributed by atoms with Crippen molar-refractivity contribution in [2.75, 3.05) is 19.5 Å². The Kier molecular flexibility index (Phi) is 6.79. The summed E-state index contributed by atoms with van der Waals surface area (Å²) < 4.78 is 10.6. The number of rotatable bonds is 7. The number of para-hydroxylation sites is 1. The maximum absolute atomic E-state index is 12.8. The molecule has 2 atom stereocenters. The molecule has 0 aromatic heterocycles. The smallest absolute Gasteiger partial charge is 0.254 e. The molecular formula is C23H27N3O5. The topological polar surface area (TPSA) is 106 Å². The van der Waals surface area contributed by atoms with Crippen LogP contribution in [0.5, 0.6) is 11.5 Å². The summed E-state index contributed by atoms with van der Waals surface area (Å²) in [5.74, 6) is 0.0574. The molecule has 1 aliphatic heterocycles. The highest BCUT2D eigenvalue weighted by Crippen LogP contribution is 2.32. The monoisotopic (exact) mass is 425 g/mol. The van der Waals surface area contributed by atoms with Gasteiger partial charge in [-0.3, -0.25) is 14.4 Å². The van der Waals surface area contributed by atoms with E-state index in [1.807, 2.05) is 26.0 Å². The van der Waals surface area contributed by atoms with E-state index in [-0.39, 0.29) is 24.3 Å². The Morgan fingerprint density at radius 2 is 1.77 bits per heavy atom. The van der Waals surface area contributed by atoms with E-state index in [0.717, 1.165) is 5.56 Å². The largest absolute Gasteiger partial charge is 0.493 e. The number of methoxy groups -OCH3 is 2. The van der Waals surface area contributed by atoms with Gasteiger partial charge in [0.2, 0.25) is 11.8 Å². The molecule has 8 heteroatoms. The molecule has 1 heterocycles. The van der Waals surface area contributed by atoms with Crippen LogP contribution < -0.4 is 25.4 Å². The van der Waals surface area contributed by atoms with E-state index in [1.54, 1.807) is 44.6 Å². The summed E-state index contributed by atoms with van der Waals surface area (Å²) in [7, 11) is 3.11. The Hall–Kier alpha value is -3.55. The van der Waals surface area contributed by atoms with E-state index in [0.29, 0.717) is 22.7 Å². The van der Waals surface area contributed by atoms with Gasteiger partial charge in [-0.15, -0.1) is 0 Å².